The van der Waals surface area contributed by atoms with Crippen molar-refractivity contribution in [2.45, 2.75) is 56.8 Å². The fourth-order valence-electron chi connectivity index (χ4n) is 2.70. The van der Waals surface area contributed by atoms with Gasteiger partial charge < -0.3 is 23.7 Å². The van der Waals surface area contributed by atoms with Crippen LogP contribution in [0.3, 0.4) is 0 Å². The average Bonchev–Trinajstić information content (AvgIpc) is 2.85. The van der Waals surface area contributed by atoms with Gasteiger partial charge in [0.2, 0.25) is 0 Å². The van der Waals surface area contributed by atoms with Crippen molar-refractivity contribution in [3.05, 3.63) is 25.3 Å². The molecular formula is C15H24O5. The highest BCUT2D eigenvalue weighted by Crippen LogP contribution is 2.40. The van der Waals surface area contributed by atoms with E-state index in [0.717, 1.165) is 0 Å². The topological polar surface area (TPSA) is 46.2 Å². The molecule has 5 heteroatoms. The number of fused-ring (bicyclic) bond motifs is 1. The first-order valence-corrected chi connectivity index (χ1v) is 6.89. The highest BCUT2D eigenvalue weighted by Gasteiger charge is 2.57. The summed E-state index contributed by atoms with van der Waals surface area (Å²) in [5.74, 6) is -0.656. The van der Waals surface area contributed by atoms with Gasteiger partial charge in [0.25, 0.3) is 0 Å². The minimum absolute atomic E-state index is 0.136. The lowest BCUT2D eigenvalue weighted by molar-refractivity contribution is -0.230. The molecular weight excluding hydrogens is 260 g/mol. The smallest absolute Gasteiger partial charge is 0.190 e. The quantitative estimate of drug-likeness (QED) is 0.669. The first-order chi connectivity index (χ1) is 9.52. The first-order valence-electron chi connectivity index (χ1n) is 6.89. The second-order valence-electron chi connectivity index (χ2n) is 5.45. The number of rotatable bonds is 7. The third kappa shape index (κ3) is 3.13. The Bertz CT molecular complexity index is 354. The van der Waals surface area contributed by atoms with Crippen molar-refractivity contribution in [2.75, 3.05) is 13.7 Å². The second kappa shape index (κ2) is 6.37. The number of hydrogen-bond acceptors (Lipinski definition) is 5. The molecule has 2 fully saturated rings. The van der Waals surface area contributed by atoms with Crippen molar-refractivity contribution < 1.29 is 23.7 Å². The van der Waals surface area contributed by atoms with E-state index in [-0.39, 0.29) is 24.4 Å². The molecule has 0 aromatic carbocycles. The molecule has 2 heterocycles. The molecule has 2 rings (SSSR count). The third-order valence-electron chi connectivity index (χ3n) is 3.50. The Hall–Kier alpha value is -0.720. The van der Waals surface area contributed by atoms with Gasteiger partial charge in [-0.05, 0) is 20.3 Å². The standard InChI is InChI=1S/C15H24O5/c1-6-8-10(16-5)11-12(17-9-7-2)13-14(18-11)20-15(3,4)19-13/h6-7,10-14H,1-2,8-9H2,3-5H3/t10-,11-,12+,13-,14-/m1/s1. The summed E-state index contributed by atoms with van der Waals surface area (Å²) in [4.78, 5) is 0. The number of hydrogen-bond donors (Lipinski definition) is 0. The van der Waals surface area contributed by atoms with Crippen LogP contribution in [0.5, 0.6) is 0 Å². The molecule has 0 unspecified atom stereocenters. The summed E-state index contributed by atoms with van der Waals surface area (Å²) in [6.45, 7) is 11.6. The molecule has 0 aliphatic carbocycles. The molecule has 5 nitrogen and oxygen atoms in total. The van der Waals surface area contributed by atoms with E-state index >= 15 is 0 Å². The molecule has 20 heavy (non-hydrogen) atoms. The van der Waals surface area contributed by atoms with Gasteiger partial charge in [0, 0.05) is 7.11 Å². The lowest BCUT2D eigenvalue weighted by Gasteiger charge is -2.29. The van der Waals surface area contributed by atoms with Gasteiger partial charge in [0.1, 0.15) is 18.3 Å². The van der Waals surface area contributed by atoms with Crippen LogP contribution in [-0.4, -0.2) is 50.2 Å². The lowest BCUT2D eigenvalue weighted by Crippen LogP contribution is -2.43. The van der Waals surface area contributed by atoms with Crippen LogP contribution in [-0.2, 0) is 23.7 Å². The Morgan fingerprint density at radius 2 is 2.00 bits per heavy atom. The van der Waals surface area contributed by atoms with E-state index in [1.54, 1.807) is 13.2 Å². The zero-order valence-corrected chi connectivity index (χ0v) is 12.4. The minimum atomic E-state index is -0.656. The molecule has 0 bridgehead atoms. The molecule has 5 atom stereocenters. The normalized spacial score (nSPS) is 36.5. The van der Waals surface area contributed by atoms with E-state index in [1.807, 2.05) is 19.9 Å². The largest absolute Gasteiger partial charge is 0.378 e. The molecule has 0 saturated carbocycles. The van der Waals surface area contributed by atoms with Gasteiger partial charge >= 0.3 is 0 Å². The van der Waals surface area contributed by atoms with Crippen molar-refractivity contribution in [3.8, 4) is 0 Å². The lowest BCUT2D eigenvalue weighted by atomic mass is 10.0. The van der Waals surface area contributed by atoms with E-state index < -0.39 is 12.1 Å². The van der Waals surface area contributed by atoms with Crippen molar-refractivity contribution in [1.82, 2.24) is 0 Å². The summed E-state index contributed by atoms with van der Waals surface area (Å²) in [6.07, 6.45) is 2.89. The molecule has 0 spiro atoms. The maximum Gasteiger partial charge on any atom is 0.190 e. The predicted molar refractivity (Wildman–Crippen MR) is 74.2 cm³/mol. The van der Waals surface area contributed by atoms with Gasteiger partial charge in [0.05, 0.1) is 12.7 Å². The van der Waals surface area contributed by atoms with Crippen LogP contribution >= 0.6 is 0 Å². The molecule has 0 amide bonds. The first kappa shape index (κ1) is 15.7. The summed E-state index contributed by atoms with van der Waals surface area (Å²) in [5.41, 5.74) is 0. The Kier molecular flexibility index (Phi) is 4.99. The summed E-state index contributed by atoms with van der Waals surface area (Å²) in [5, 5.41) is 0. The van der Waals surface area contributed by atoms with Crippen molar-refractivity contribution >= 4 is 0 Å². The van der Waals surface area contributed by atoms with Crippen molar-refractivity contribution in [3.63, 3.8) is 0 Å². The van der Waals surface area contributed by atoms with Gasteiger partial charge in [-0.1, -0.05) is 12.2 Å². The van der Waals surface area contributed by atoms with Crippen LogP contribution in [0.25, 0.3) is 0 Å². The predicted octanol–water partition coefficient (Wildman–Crippen LogP) is 2.03. The highest BCUT2D eigenvalue weighted by molar-refractivity contribution is 4.99. The molecule has 2 aliphatic rings. The van der Waals surface area contributed by atoms with Crippen molar-refractivity contribution in [2.24, 2.45) is 0 Å². The Morgan fingerprint density at radius 3 is 2.60 bits per heavy atom. The van der Waals surface area contributed by atoms with Gasteiger partial charge in [-0.3, -0.25) is 0 Å². The maximum absolute atomic E-state index is 5.96. The number of ether oxygens (including phenoxy) is 5. The van der Waals surface area contributed by atoms with E-state index in [1.165, 1.54) is 0 Å². The zero-order chi connectivity index (χ0) is 14.8. The molecule has 0 N–H and O–H groups in total. The SMILES string of the molecule is C=CCO[C@@H]1[C@H]2OC(C)(C)O[C@H]2O[C@@H]1[C@@H](CC=C)OC. The van der Waals surface area contributed by atoms with E-state index in [9.17, 15) is 0 Å². The van der Waals surface area contributed by atoms with Crippen LogP contribution < -0.4 is 0 Å². The number of methoxy groups -OCH3 is 1. The zero-order valence-electron chi connectivity index (χ0n) is 12.4. The van der Waals surface area contributed by atoms with Gasteiger partial charge in [-0.2, -0.15) is 0 Å². The average molecular weight is 284 g/mol. The molecule has 114 valence electrons. The monoisotopic (exact) mass is 284 g/mol. The van der Waals surface area contributed by atoms with E-state index in [2.05, 4.69) is 13.2 Å². The molecule has 2 aliphatic heterocycles. The summed E-state index contributed by atoms with van der Waals surface area (Å²) < 4.78 is 28.9. The fourth-order valence-corrected chi connectivity index (χ4v) is 2.70. The van der Waals surface area contributed by atoms with Crippen LogP contribution in [0.1, 0.15) is 20.3 Å². The molecule has 2 saturated heterocycles. The third-order valence-corrected chi connectivity index (χ3v) is 3.50. The fraction of sp³-hybridized carbons (Fsp3) is 0.733. The van der Waals surface area contributed by atoms with Crippen LogP contribution in [0.4, 0.5) is 0 Å². The Balaban J connectivity index is 2.12. The summed E-state index contributed by atoms with van der Waals surface area (Å²) >= 11 is 0. The van der Waals surface area contributed by atoms with Gasteiger partial charge in [-0.25, -0.2) is 0 Å². The minimum Gasteiger partial charge on any atom is -0.378 e. The van der Waals surface area contributed by atoms with Crippen molar-refractivity contribution in [1.29, 1.82) is 0 Å². The molecule has 0 radical (unpaired) electrons. The summed E-state index contributed by atoms with van der Waals surface area (Å²) in [7, 11) is 1.65. The summed E-state index contributed by atoms with van der Waals surface area (Å²) in [6, 6.07) is 0. The van der Waals surface area contributed by atoms with Gasteiger partial charge in [0.15, 0.2) is 12.1 Å². The Morgan fingerprint density at radius 1 is 1.25 bits per heavy atom. The van der Waals surface area contributed by atoms with Crippen LogP contribution in [0, 0.1) is 0 Å². The molecule has 0 aromatic rings. The van der Waals surface area contributed by atoms with E-state index in [0.29, 0.717) is 13.0 Å². The maximum atomic E-state index is 5.96. The highest BCUT2D eigenvalue weighted by atomic mass is 16.8. The van der Waals surface area contributed by atoms with Crippen LogP contribution in [0.2, 0.25) is 0 Å². The van der Waals surface area contributed by atoms with Crippen LogP contribution in [0.15, 0.2) is 25.3 Å². The molecule has 0 aromatic heterocycles. The second-order valence-corrected chi connectivity index (χ2v) is 5.45. The Labute approximate surface area is 120 Å². The van der Waals surface area contributed by atoms with Gasteiger partial charge in [-0.15, -0.1) is 13.2 Å². The van der Waals surface area contributed by atoms with E-state index in [4.69, 9.17) is 23.7 Å².